The summed E-state index contributed by atoms with van der Waals surface area (Å²) in [6, 6.07) is 10.3. The maximum absolute atomic E-state index is 12.7. The van der Waals surface area contributed by atoms with Gasteiger partial charge in [-0.25, -0.2) is 0 Å². The van der Waals surface area contributed by atoms with Crippen molar-refractivity contribution in [1.29, 1.82) is 0 Å². The molecule has 2 atom stereocenters. The topological polar surface area (TPSA) is 45.2 Å². The third-order valence-electron chi connectivity index (χ3n) is 5.95. The fraction of sp³-hybridized carbons (Fsp3) is 0.474. The molecule has 4 nitrogen and oxygen atoms in total. The smallest absolute Gasteiger partial charge is 0.270 e. The summed E-state index contributed by atoms with van der Waals surface area (Å²) in [5, 5.41) is 5.46. The number of rotatable bonds is 2. The van der Waals surface area contributed by atoms with Crippen molar-refractivity contribution in [3.8, 4) is 0 Å². The quantitative estimate of drug-likeness (QED) is 0.926. The molecule has 1 aromatic heterocycles. The molecule has 0 radical (unpaired) electrons. The predicted octanol–water partition coefficient (Wildman–Crippen LogP) is 2.30. The summed E-state index contributed by atoms with van der Waals surface area (Å²) in [5.41, 5.74) is 0.540. The molecule has 4 heteroatoms. The Kier molecular flexibility index (Phi) is 2.95. The van der Waals surface area contributed by atoms with Crippen molar-refractivity contribution in [1.82, 2.24) is 15.2 Å². The second-order valence-electron chi connectivity index (χ2n) is 7.49. The lowest BCUT2D eigenvalue weighted by molar-refractivity contribution is -0.0419. The number of nitrogens with one attached hydrogen (secondary N) is 1. The number of fused-ring (bicyclic) bond motifs is 1. The Balaban J connectivity index is 1.38. The van der Waals surface area contributed by atoms with Gasteiger partial charge in [-0.1, -0.05) is 24.3 Å². The molecule has 2 unspecified atom stereocenters. The first-order valence-electron chi connectivity index (χ1n) is 8.64. The average molecular weight is 307 g/mol. The van der Waals surface area contributed by atoms with Crippen molar-refractivity contribution in [3.63, 3.8) is 0 Å². The fourth-order valence-corrected chi connectivity index (χ4v) is 5.08. The summed E-state index contributed by atoms with van der Waals surface area (Å²) < 4.78 is 0. The zero-order valence-electron chi connectivity index (χ0n) is 13.1. The fourth-order valence-electron chi connectivity index (χ4n) is 5.08. The van der Waals surface area contributed by atoms with Gasteiger partial charge < -0.3 is 10.2 Å². The number of carbonyl (C=O) groups excluding carboxylic acids is 1. The van der Waals surface area contributed by atoms with E-state index in [-0.39, 0.29) is 5.91 Å². The first-order chi connectivity index (χ1) is 11.3. The number of benzene rings is 1. The second kappa shape index (κ2) is 5.03. The van der Waals surface area contributed by atoms with Crippen molar-refractivity contribution in [2.75, 3.05) is 19.6 Å². The molecule has 3 saturated heterocycles. The van der Waals surface area contributed by atoms with E-state index < -0.39 is 0 Å². The zero-order chi connectivity index (χ0) is 15.4. The van der Waals surface area contributed by atoms with Gasteiger partial charge >= 0.3 is 0 Å². The monoisotopic (exact) mass is 307 g/mol. The summed E-state index contributed by atoms with van der Waals surface area (Å²) >= 11 is 0. The summed E-state index contributed by atoms with van der Waals surface area (Å²) in [6.07, 6.45) is 4.36. The lowest BCUT2D eigenvalue weighted by Gasteiger charge is -2.55. The van der Waals surface area contributed by atoms with Gasteiger partial charge in [0, 0.05) is 37.3 Å². The van der Waals surface area contributed by atoms with E-state index in [1.54, 1.807) is 6.20 Å². The van der Waals surface area contributed by atoms with Crippen molar-refractivity contribution in [3.05, 3.63) is 42.2 Å². The van der Waals surface area contributed by atoms with Crippen LogP contribution in [0, 0.1) is 17.8 Å². The number of amides is 1. The molecule has 4 heterocycles. The van der Waals surface area contributed by atoms with Gasteiger partial charge in [0.2, 0.25) is 0 Å². The summed E-state index contributed by atoms with van der Waals surface area (Å²) in [5.74, 6) is 2.11. The van der Waals surface area contributed by atoms with E-state index in [0.717, 1.165) is 29.8 Å². The van der Waals surface area contributed by atoms with Gasteiger partial charge in [-0.05, 0) is 42.0 Å². The van der Waals surface area contributed by atoms with Crippen molar-refractivity contribution in [2.45, 2.75) is 18.9 Å². The van der Waals surface area contributed by atoms with Gasteiger partial charge in [-0.15, -0.1) is 0 Å². The zero-order valence-corrected chi connectivity index (χ0v) is 13.1. The Hall–Kier alpha value is -1.94. The third-order valence-corrected chi connectivity index (χ3v) is 5.95. The molecule has 1 aliphatic carbocycles. The molecule has 4 bridgehead atoms. The van der Waals surface area contributed by atoms with Crippen molar-refractivity contribution in [2.24, 2.45) is 17.8 Å². The third kappa shape index (κ3) is 2.24. The van der Waals surface area contributed by atoms with Crippen molar-refractivity contribution < 1.29 is 4.79 Å². The number of aromatic nitrogens is 1. The number of carbonyl (C=O) groups is 1. The Labute approximate surface area is 135 Å². The minimum Gasteiger partial charge on any atom is -0.347 e. The van der Waals surface area contributed by atoms with E-state index in [1.807, 2.05) is 30.3 Å². The first kappa shape index (κ1) is 13.5. The highest BCUT2D eigenvalue weighted by Gasteiger charge is 2.47. The van der Waals surface area contributed by atoms with Gasteiger partial charge in [-0.2, -0.15) is 0 Å². The van der Waals surface area contributed by atoms with E-state index in [2.05, 4.69) is 15.2 Å². The lowest BCUT2D eigenvalue weighted by Crippen LogP contribution is -2.64. The summed E-state index contributed by atoms with van der Waals surface area (Å²) in [4.78, 5) is 19.6. The number of pyridine rings is 1. The Morgan fingerprint density at radius 1 is 1.09 bits per heavy atom. The van der Waals surface area contributed by atoms with Gasteiger partial charge in [0.1, 0.15) is 5.69 Å². The van der Waals surface area contributed by atoms with Crippen LogP contribution in [-0.2, 0) is 0 Å². The van der Waals surface area contributed by atoms with E-state index in [0.29, 0.717) is 23.6 Å². The Morgan fingerprint density at radius 2 is 1.83 bits per heavy atom. The Bertz CT molecular complexity index is 744. The van der Waals surface area contributed by atoms with Crippen LogP contribution >= 0.6 is 0 Å². The molecule has 1 aromatic carbocycles. The molecule has 1 saturated carbocycles. The summed E-state index contributed by atoms with van der Waals surface area (Å²) in [7, 11) is 0. The first-order valence-corrected chi connectivity index (χ1v) is 8.64. The molecule has 118 valence electrons. The molecule has 6 rings (SSSR count). The van der Waals surface area contributed by atoms with Gasteiger partial charge in [0.25, 0.3) is 5.91 Å². The Morgan fingerprint density at radius 3 is 2.57 bits per heavy atom. The molecule has 0 spiro atoms. The number of hydrogen-bond donors (Lipinski definition) is 1. The highest BCUT2D eigenvalue weighted by atomic mass is 16.1. The highest BCUT2D eigenvalue weighted by Crippen LogP contribution is 2.43. The average Bonchev–Trinajstić information content (AvgIpc) is 2.57. The van der Waals surface area contributed by atoms with Crippen LogP contribution in [0.5, 0.6) is 0 Å². The van der Waals surface area contributed by atoms with Crippen LogP contribution in [0.4, 0.5) is 0 Å². The van der Waals surface area contributed by atoms with E-state index in [9.17, 15) is 4.79 Å². The second-order valence-corrected chi connectivity index (χ2v) is 7.49. The van der Waals surface area contributed by atoms with Gasteiger partial charge in [-0.3, -0.25) is 9.78 Å². The number of piperidine rings is 3. The van der Waals surface area contributed by atoms with Crippen molar-refractivity contribution >= 4 is 16.7 Å². The van der Waals surface area contributed by atoms with Crippen LogP contribution in [0.3, 0.4) is 0 Å². The molecule has 4 fully saturated rings. The molecule has 1 N–H and O–H groups in total. The van der Waals surface area contributed by atoms with E-state index in [4.69, 9.17) is 0 Å². The minimum absolute atomic E-state index is 0.0109. The van der Waals surface area contributed by atoms with Gasteiger partial charge in [0.15, 0.2) is 0 Å². The highest BCUT2D eigenvalue weighted by molar-refractivity contribution is 5.96. The van der Waals surface area contributed by atoms with Crippen LogP contribution in [-0.4, -0.2) is 41.5 Å². The maximum Gasteiger partial charge on any atom is 0.270 e. The lowest BCUT2D eigenvalue weighted by atomic mass is 9.65. The normalized spacial score (nSPS) is 34.7. The number of hydrogen-bond acceptors (Lipinski definition) is 3. The van der Waals surface area contributed by atoms with Crippen LogP contribution in [0.2, 0.25) is 0 Å². The van der Waals surface area contributed by atoms with E-state index in [1.165, 1.54) is 19.4 Å². The van der Waals surface area contributed by atoms with E-state index >= 15 is 0 Å². The largest absolute Gasteiger partial charge is 0.347 e. The molecular formula is C19H21N3O. The molecule has 4 aliphatic rings. The summed E-state index contributed by atoms with van der Waals surface area (Å²) in [6.45, 7) is 3.59. The minimum atomic E-state index is -0.0109. The SMILES string of the molecule is O=C(NC1C2CC3CC1CN(C3)C2)c1cc2ccccc2cn1. The molecule has 2 aromatic rings. The van der Waals surface area contributed by atoms with Crippen LogP contribution in [0.15, 0.2) is 36.5 Å². The van der Waals surface area contributed by atoms with Crippen LogP contribution in [0.25, 0.3) is 10.8 Å². The molecular weight excluding hydrogens is 286 g/mol. The predicted molar refractivity (Wildman–Crippen MR) is 89.1 cm³/mol. The van der Waals surface area contributed by atoms with Crippen LogP contribution in [0.1, 0.15) is 23.3 Å². The van der Waals surface area contributed by atoms with Gasteiger partial charge in [0.05, 0.1) is 0 Å². The standard InChI is InChI=1S/C19H21N3O/c23-19(17-7-13-3-1-2-4-14(13)8-20-17)21-18-15-5-12-6-16(18)11-22(9-12)10-15/h1-4,7-8,12,15-16,18H,5-6,9-11H2,(H,21,23). The maximum atomic E-state index is 12.7. The molecule has 3 aliphatic heterocycles. The molecule has 23 heavy (non-hydrogen) atoms. The number of nitrogens with zero attached hydrogens (tertiary/aromatic N) is 2. The molecule has 1 amide bonds. The van der Waals surface area contributed by atoms with Crippen LogP contribution < -0.4 is 5.32 Å².